The van der Waals surface area contributed by atoms with Gasteiger partial charge in [-0.05, 0) is 27.5 Å². The van der Waals surface area contributed by atoms with E-state index in [1.807, 2.05) is 0 Å². The first-order valence-corrected chi connectivity index (χ1v) is 3.28. The van der Waals surface area contributed by atoms with E-state index in [2.05, 4.69) is 30.9 Å². The van der Waals surface area contributed by atoms with Crippen molar-refractivity contribution in [1.82, 2.24) is 4.98 Å². The van der Waals surface area contributed by atoms with Crippen LogP contribution in [0.5, 0.6) is 0 Å². The molecule has 0 bridgehead atoms. The first-order chi connectivity index (χ1) is 4.84. The van der Waals surface area contributed by atoms with Gasteiger partial charge in [-0.1, -0.05) is 5.11 Å². The van der Waals surface area contributed by atoms with Gasteiger partial charge in [-0.2, -0.15) is 0 Å². The minimum absolute atomic E-state index is 0.553. The summed E-state index contributed by atoms with van der Waals surface area (Å²) in [6, 6.07) is 1.63. The molecule has 10 heavy (non-hydrogen) atoms. The molecule has 0 fully saturated rings. The highest BCUT2D eigenvalue weighted by Crippen LogP contribution is 2.22. The summed E-state index contributed by atoms with van der Waals surface area (Å²) in [7, 11) is 0. The molecule has 0 spiro atoms. The van der Waals surface area contributed by atoms with E-state index in [0.29, 0.717) is 10.2 Å². The van der Waals surface area contributed by atoms with E-state index in [9.17, 15) is 0 Å². The van der Waals surface area contributed by atoms with Gasteiger partial charge in [-0.15, -0.1) is 0 Å². The SMILES string of the molecule is [N-]=[N+]=Nc1ccncc1Br. The molecular formula is C5H3BrN4. The molecule has 1 aromatic heterocycles. The average Bonchev–Trinajstić information content (AvgIpc) is 1.94. The summed E-state index contributed by atoms with van der Waals surface area (Å²) >= 11 is 3.17. The third-order valence-corrected chi connectivity index (χ3v) is 1.51. The normalized spacial score (nSPS) is 8.50. The highest BCUT2D eigenvalue weighted by Gasteiger charge is 1.92. The van der Waals surface area contributed by atoms with Crippen molar-refractivity contribution < 1.29 is 0 Å². The molecule has 5 heteroatoms. The topological polar surface area (TPSA) is 61.7 Å². The van der Waals surface area contributed by atoms with Crippen LogP contribution < -0.4 is 0 Å². The molecule has 0 aliphatic carbocycles. The van der Waals surface area contributed by atoms with Gasteiger partial charge in [-0.25, -0.2) is 0 Å². The number of rotatable bonds is 1. The minimum atomic E-state index is 0.553. The van der Waals surface area contributed by atoms with Crippen LogP contribution in [0.1, 0.15) is 0 Å². The van der Waals surface area contributed by atoms with E-state index in [0.717, 1.165) is 0 Å². The maximum atomic E-state index is 8.06. The molecule has 0 N–H and O–H groups in total. The number of hydrogen-bond donors (Lipinski definition) is 0. The van der Waals surface area contributed by atoms with E-state index in [1.165, 1.54) is 0 Å². The summed E-state index contributed by atoms with van der Waals surface area (Å²) < 4.78 is 0.702. The Hall–Kier alpha value is -1.06. The number of nitrogens with zero attached hydrogens (tertiary/aromatic N) is 4. The molecular weight excluding hydrogens is 196 g/mol. The highest BCUT2D eigenvalue weighted by molar-refractivity contribution is 9.10. The number of hydrogen-bond acceptors (Lipinski definition) is 2. The lowest BCUT2D eigenvalue weighted by molar-refractivity contribution is 1.28. The second kappa shape index (κ2) is 3.20. The molecule has 0 aromatic carbocycles. The summed E-state index contributed by atoms with van der Waals surface area (Å²) in [6.45, 7) is 0. The van der Waals surface area contributed by atoms with Gasteiger partial charge in [0.15, 0.2) is 0 Å². The van der Waals surface area contributed by atoms with E-state index in [-0.39, 0.29) is 0 Å². The molecule has 0 aliphatic rings. The quantitative estimate of drug-likeness (QED) is 0.389. The summed E-state index contributed by atoms with van der Waals surface area (Å²) in [4.78, 5) is 6.43. The van der Waals surface area contributed by atoms with Crippen LogP contribution in [0.15, 0.2) is 28.0 Å². The van der Waals surface area contributed by atoms with Crippen LogP contribution in [-0.4, -0.2) is 4.98 Å². The van der Waals surface area contributed by atoms with Crippen LogP contribution in [0.4, 0.5) is 5.69 Å². The predicted molar refractivity (Wildman–Crippen MR) is 40.7 cm³/mol. The van der Waals surface area contributed by atoms with Gasteiger partial charge in [-0.3, -0.25) is 4.98 Å². The second-order valence-electron chi connectivity index (χ2n) is 1.52. The first-order valence-electron chi connectivity index (χ1n) is 2.49. The standard InChI is InChI=1S/C5H3BrN4/c6-4-3-8-2-1-5(4)9-10-7/h1-3H. The number of pyridine rings is 1. The molecule has 50 valence electrons. The molecule has 0 amide bonds. The summed E-state index contributed by atoms with van der Waals surface area (Å²) in [5.74, 6) is 0. The van der Waals surface area contributed by atoms with Gasteiger partial charge >= 0.3 is 0 Å². The van der Waals surface area contributed by atoms with E-state index in [1.54, 1.807) is 18.5 Å². The highest BCUT2D eigenvalue weighted by atomic mass is 79.9. The van der Waals surface area contributed by atoms with Crippen molar-refractivity contribution in [3.63, 3.8) is 0 Å². The van der Waals surface area contributed by atoms with Crippen molar-refractivity contribution in [3.8, 4) is 0 Å². The maximum absolute atomic E-state index is 8.06. The van der Waals surface area contributed by atoms with Crippen molar-refractivity contribution in [1.29, 1.82) is 0 Å². The van der Waals surface area contributed by atoms with Crippen LogP contribution in [0.3, 0.4) is 0 Å². The largest absolute Gasteiger partial charge is 0.264 e. The molecule has 1 rings (SSSR count). The van der Waals surface area contributed by atoms with Crippen LogP contribution in [0.25, 0.3) is 10.4 Å². The van der Waals surface area contributed by atoms with Gasteiger partial charge < -0.3 is 0 Å². The van der Waals surface area contributed by atoms with E-state index >= 15 is 0 Å². The number of halogens is 1. The molecule has 1 heterocycles. The molecule has 4 nitrogen and oxygen atoms in total. The number of azide groups is 1. The Morgan fingerprint density at radius 3 is 3.10 bits per heavy atom. The Morgan fingerprint density at radius 1 is 1.70 bits per heavy atom. The molecule has 0 atom stereocenters. The van der Waals surface area contributed by atoms with Crippen LogP contribution in [0.2, 0.25) is 0 Å². The van der Waals surface area contributed by atoms with Crippen LogP contribution in [-0.2, 0) is 0 Å². The zero-order valence-corrected chi connectivity index (χ0v) is 6.48. The third kappa shape index (κ3) is 1.46. The van der Waals surface area contributed by atoms with Crippen molar-refractivity contribution in [3.05, 3.63) is 33.4 Å². The van der Waals surface area contributed by atoms with E-state index in [4.69, 9.17) is 5.53 Å². The monoisotopic (exact) mass is 198 g/mol. The summed E-state index contributed by atoms with van der Waals surface area (Å²) in [5.41, 5.74) is 8.61. The Bertz CT molecular complexity index is 279. The van der Waals surface area contributed by atoms with Gasteiger partial charge in [0.2, 0.25) is 0 Å². The molecule has 0 unspecified atom stereocenters. The van der Waals surface area contributed by atoms with Crippen molar-refractivity contribution in [2.75, 3.05) is 0 Å². The lowest BCUT2D eigenvalue weighted by Gasteiger charge is -1.91. The Morgan fingerprint density at radius 2 is 2.50 bits per heavy atom. The molecule has 0 aliphatic heterocycles. The zero-order valence-electron chi connectivity index (χ0n) is 4.90. The van der Waals surface area contributed by atoms with Gasteiger partial charge in [0, 0.05) is 21.8 Å². The average molecular weight is 199 g/mol. The summed E-state index contributed by atoms with van der Waals surface area (Å²) in [6.07, 6.45) is 3.14. The van der Waals surface area contributed by atoms with Gasteiger partial charge in [0.25, 0.3) is 0 Å². The van der Waals surface area contributed by atoms with Crippen molar-refractivity contribution in [2.45, 2.75) is 0 Å². The van der Waals surface area contributed by atoms with E-state index < -0.39 is 0 Å². The van der Waals surface area contributed by atoms with Crippen molar-refractivity contribution in [2.24, 2.45) is 5.11 Å². The third-order valence-electron chi connectivity index (χ3n) is 0.904. The Kier molecular flexibility index (Phi) is 2.25. The Balaban J connectivity index is 3.14. The lowest BCUT2D eigenvalue weighted by atomic mass is 10.4. The van der Waals surface area contributed by atoms with Crippen LogP contribution >= 0.6 is 15.9 Å². The Labute approximate surface area is 65.7 Å². The molecule has 0 radical (unpaired) electrons. The molecule has 1 aromatic rings. The predicted octanol–water partition coefficient (Wildman–Crippen LogP) is 2.79. The molecule has 0 saturated heterocycles. The smallest absolute Gasteiger partial charge is 0.0548 e. The molecule has 0 saturated carbocycles. The first kappa shape index (κ1) is 7.05. The number of aromatic nitrogens is 1. The van der Waals surface area contributed by atoms with Crippen molar-refractivity contribution >= 4 is 21.6 Å². The lowest BCUT2D eigenvalue weighted by Crippen LogP contribution is -1.69. The fraction of sp³-hybridized carbons (Fsp3) is 0. The van der Waals surface area contributed by atoms with Gasteiger partial charge in [0.05, 0.1) is 5.69 Å². The van der Waals surface area contributed by atoms with Crippen LogP contribution in [0, 0.1) is 0 Å². The maximum Gasteiger partial charge on any atom is 0.0548 e. The fourth-order valence-electron chi connectivity index (χ4n) is 0.497. The van der Waals surface area contributed by atoms with Gasteiger partial charge in [0.1, 0.15) is 0 Å². The summed E-state index contributed by atoms with van der Waals surface area (Å²) in [5, 5.41) is 3.40. The minimum Gasteiger partial charge on any atom is -0.264 e. The zero-order chi connectivity index (χ0) is 7.40. The second-order valence-corrected chi connectivity index (χ2v) is 2.37. The fourth-order valence-corrected chi connectivity index (χ4v) is 0.827.